The molecule has 1 heterocycles. The highest BCUT2D eigenvalue weighted by atomic mass is 16.2. The first-order chi connectivity index (χ1) is 9.67. The molecule has 0 aromatic heterocycles. The molecule has 108 valence electrons. The molecule has 0 bridgehead atoms. The largest absolute Gasteiger partial charge is 0.325 e. The molecule has 2 atom stereocenters. The molecule has 2 aliphatic rings. The van der Waals surface area contributed by atoms with E-state index in [1.807, 2.05) is 6.07 Å². The van der Waals surface area contributed by atoms with Gasteiger partial charge in [0, 0.05) is 11.7 Å². The molecule has 2 fully saturated rings. The molecule has 1 aromatic rings. The zero-order valence-electron chi connectivity index (χ0n) is 12.4. The molecule has 1 aliphatic carbocycles. The Hall–Kier alpha value is -1.35. The normalized spacial score (nSPS) is 25.7. The van der Waals surface area contributed by atoms with Gasteiger partial charge in [0.2, 0.25) is 5.91 Å². The summed E-state index contributed by atoms with van der Waals surface area (Å²) in [6.07, 6.45) is 5.80. The third-order valence-corrected chi connectivity index (χ3v) is 4.69. The Kier molecular flexibility index (Phi) is 3.79. The maximum atomic E-state index is 12.3. The highest BCUT2D eigenvalue weighted by Crippen LogP contribution is 2.37. The fourth-order valence-corrected chi connectivity index (χ4v) is 3.21. The minimum atomic E-state index is -0.00743. The highest BCUT2D eigenvalue weighted by molar-refractivity contribution is 5.95. The van der Waals surface area contributed by atoms with Crippen molar-refractivity contribution >= 4 is 11.6 Å². The molecule has 2 N–H and O–H groups in total. The summed E-state index contributed by atoms with van der Waals surface area (Å²) < 4.78 is 0. The van der Waals surface area contributed by atoms with E-state index >= 15 is 0 Å². The van der Waals surface area contributed by atoms with Gasteiger partial charge in [-0.05, 0) is 68.2 Å². The van der Waals surface area contributed by atoms with Crippen molar-refractivity contribution in [1.29, 1.82) is 0 Å². The predicted octanol–water partition coefficient (Wildman–Crippen LogP) is 3.03. The van der Waals surface area contributed by atoms with Crippen molar-refractivity contribution in [3.63, 3.8) is 0 Å². The number of benzene rings is 1. The summed E-state index contributed by atoms with van der Waals surface area (Å²) in [5.41, 5.74) is 3.52. The second-order valence-electron chi connectivity index (χ2n) is 6.22. The van der Waals surface area contributed by atoms with E-state index in [-0.39, 0.29) is 11.9 Å². The number of hydrogen-bond acceptors (Lipinski definition) is 2. The third-order valence-electron chi connectivity index (χ3n) is 4.69. The first-order valence-corrected chi connectivity index (χ1v) is 7.84. The summed E-state index contributed by atoms with van der Waals surface area (Å²) in [4.78, 5) is 12.3. The number of rotatable bonds is 4. The van der Waals surface area contributed by atoms with Crippen LogP contribution in [0.5, 0.6) is 0 Å². The lowest BCUT2D eigenvalue weighted by Crippen LogP contribution is -2.39. The Balaban J connectivity index is 1.61. The van der Waals surface area contributed by atoms with Crippen LogP contribution in [0.3, 0.4) is 0 Å². The van der Waals surface area contributed by atoms with Crippen LogP contribution in [0.25, 0.3) is 0 Å². The lowest BCUT2D eigenvalue weighted by atomic mass is 10.1. The summed E-state index contributed by atoms with van der Waals surface area (Å²) in [7, 11) is 0. The van der Waals surface area contributed by atoms with Crippen LogP contribution in [-0.4, -0.2) is 18.0 Å². The third kappa shape index (κ3) is 2.88. The molecule has 1 aliphatic heterocycles. The van der Waals surface area contributed by atoms with Crippen molar-refractivity contribution in [2.75, 3.05) is 5.32 Å². The minimum Gasteiger partial charge on any atom is -0.325 e. The van der Waals surface area contributed by atoms with Crippen LogP contribution in [-0.2, 0) is 11.2 Å². The summed E-state index contributed by atoms with van der Waals surface area (Å²) in [6, 6.07) is 6.76. The number of nitrogens with one attached hydrogen (secondary N) is 2. The number of carbonyl (C=O) groups excluding carboxylic acids is 1. The number of carbonyl (C=O) groups is 1. The van der Waals surface area contributed by atoms with Gasteiger partial charge >= 0.3 is 0 Å². The van der Waals surface area contributed by atoms with Crippen LogP contribution >= 0.6 is 0 Å². The molecule has 2 unspecified atom stereocenters. The standard InChI is InChI=1S/C17H24N2O/c1-3-12-10-14(7-4-11(12)2)18-17(20)16-9-8-15(19-16)13-5-6-13/h4,7,10,13,15-16,19H,3,5-6,8-9H2,1-2H3,(H,18,20). The van der Waals surface area contributed by atoms with Gasteiger partial charge in [0.25, 0.3) is 0 Å². The quantitative estimate of drug-likeness (QED) is 0.884. The van der Waals surface area contributed by atoms with Gasteiger partial charge in [0.15, 0.2) is 0 Å². The van der Waals surface area contributed by atoms with E-state index < -0.39 is 0 Å². The fourth-order valence-electron chi connectivity index (χ4n) is 3.21. The Morgan fingerprint density at radius 3 is 2.80 bits per heavy atom. The SMILES string of the molecule is CCc1cc(NC(=O)C2CCC(C3CC3)N2)ccc1C. The van der Waals surface area contributed by atoms with Crippen molar-refractivity contribution in [2.45, 2.75) is 58.0 Å². The van der Waals surface area contributed by atoms with E-state index in [0.717, 1.165) is 30.9 Å². The average Bonchev–Trinajstić information content (AvgIpc) is 3.18. The summed E-state index contributed by atoms with van der Waals surface area (Å²) in [5.74, 6) is 0.956. The van der Waals surface area contributed by atoms with Crippen molar-refractivity contribution in [3.8, 4) is 0 Å². The predicted molar refractivity (Wildman–Crippen MR) is 81.9 cm³/mol. The summed E-state index contributed by atoms with van der Waals surface area (Å²) in [6.45, 7) is 4.26. The van der Waals surface area contributed by atoms with Crippen molar-refractivity contribution < 1.29 is 4.79 Å². The lowest BCUT2D eigenvalue weighted by Gasteiger charge is -2.15. The van der Waals surface area contributed by atoms with Crippen molar-refractivity contribution in [2.24, 2.45) is 5.92 Å². The van der Waals surface area contributed by atoms with E-state index in [2.05, 4.69) is 36.6 Å². The Labute approximate surface area is 121 Å². The molecule has 3 heteroatoms. The molecule has 0 radical (unpaired) electrons. The van der Waals surface area contributed by atoms with Gasteiger partial charge in [0.1, 0.15) is 0 Å². The van der Waals surface area contributed by atoms with E-state index in [4.69, 9.17) is 0 Å². The van der Waals surface area contributed by atoms with Crippen LogP contribution in [0, 0.1) is 12.8 Å². The zero-order valence-corrected chi connectivity index (χ0v) is 12.4. The Morgan fingerprint density at radius 2 is 2.10 bits per heavy atom. The van der Waals surface area contributed by atoms with E-state index in [1.54, 1.807) is 0 Å². The summed E-state index contributed by atoms with van der Waals surface area (Å²) in [5, 5.41) is 6.57. The fraction of sp³-hybridized carbons (Fsp3) is 0.588. The van der Waals surface area contributed by atoms with Gasteiger partial charge in [-0.25, -0.2) is 0 Å². The second kappa shape index (κ2) is 5.57. The Morgan fingerprint density at radius 1 is 1.30 bits per heavy atom. The number of anilines is 1. The molecule has 1 saturated heterocycles. The number of aryl methyl sites for hydroxylation is 2. The van der Waals surface area contributed by atoms with Gasteiger partial charge in [-0.2, -0.15) is 0 Å². The summed E-state index contributed by atoms with van der Waals surface area (Å²) >= 11 is 0. The molecule has 1 amide bonds. The molecule has 20 heavy (non-hydrogen) atoms. The van der Waals surface area contributed by atoms with E-state index in [1.165, 1.54) is 24.0 Å². The second-order valence-corrected chi connectivity index (χ2v) is 6.22. The Bertz CT molecular complexity index is 508. The highest BCUT2D eigenvalue weighted by Gasteiger charge is 2.38. The van der Waals surface area contributed by atoms with Crippen LogP contribution < -0.4 is 10.6 Å². The monoisotopic (exact) mass is 272 g/mol. The van der Waals surface area contributed by atoms with Crippen LogP contribution in [0.4, 0.5) is 5.69 Å². The first kappa shape index (κ1) is 13.6. The molecule has 3 nitrogen and oxygen atoms in total. The van der Waals surface area contributed by atoms with Gasteiger partial charge in [-0.1, -0.05) is 13.0 Å². The first-order valence-electron chi connectivity index (χ1n) is 7.84. The maximum absolute atomic E-state index is 12.3. The zero-order chi connectivity index (χ0) is 14.1. The number of hydrogen-bond donors (Lipinski definition) is 2. The van der Waals surface area contributed by atoms with Crippen molar-refractivity contribution in [1.82, 2.24) is 5.32 Å². The molecule has 3 rings (SSSR count). The molecular weight excluding hydrogens is 248 g/mol. The topological polar surface area (TPSA) is 41.1 Å². The van der Waals surface area contributed by atoms with E-state index in [0.29, 0.717) is 6.04 Å². The molecule has 1 aromatic carbocycles. The minimum absolute atomic E-state index is 0.00743. The van der Waals surface area contributed by atoms with Crippen LogP contribution in [0.15, 0.2) is 18.2 Å². The lowest BCUT2D eigenvalue weighted by molar-refractivity contribution is -0.117. The smallest absolute Gasteiger partial charge is 0.241 e. The molecule has 1 saturated carbocycles. The van der Waals surface area contributed by atoms with Crippen LogP contribution in [0.1, 0.15) is 43.7 Å². The molecule has 0 spiro atoms. The van der Waals surface area contributed by atoms with Gasteiger partial charge in [-0.15, -0.1) is 0 Å². The van der Waals surface area contributed by atoms with Crippen molar-refractivity contribution in [3.05, 3.63) is 29.3 Å². The van der Waals surface area contributed by atoms with Gasteiger partial charge < -0.3 is 10.6 Å². The molecular formula is C17H24N2O. The number of amides is 1. The van der Waals surface area contributed by atoms with Gasteiger partial charge in [-0.3, -0.25) is 4.79 Å². The van der Waals surface area contributed by atoms with E-state index in [9.17, 15) is 4.79 Å². The van der Waals surface area contributed by atoms with Crippen LogP contribution in [0.2, 0.25) is 0 Å². The average molecular weight is 272 g/mol. The van der Waals surface area contributed by atoms with Gasteiger partial charge in [0.05, 0.1) is 6.04 Å². The maximum Gasteiger partial charge on any atom is 0.241 e.